The van der Waals surface area contributed by atoms with Gasteiger partial charge in [-0.3, -0.25) is 4.57 Å². The zero-order valence-electron chi connectivity index (χ0n) is 30.2. The monoisotopic (exact) mass is 911 g/mol. The van der Waals surface area contributed by atoms with Crippen molar-refractivity contribution in [2.45, 2.75) is 0 Å². The van der Waals surface area contributed by atoms with E-state index in [0.29, 0.717) is 17.6 Å². The van der Waals surface area contributed by atoms with Gasteiger partial charge in [-0.2, -0.15) is 9.97 Å². The second kappa shape index (κ2) is 15.6. The van der Waals surface area contributed by atoms with E-state index in [-0.39, 0.29) is 20.1 Å². The molecular formula is C49H30IrN6O-2. The second-order valence-corrected chi connectivity index (χ2v) is 13.1. The van der Waals surface area contributed by atoms with Crippen molar-refractivity contribution < 1.29 is 24.5 Å². The molecular weight excluding hydrogens is 881 g/mol. The van der Waals surface area contributed by atoms with Gasteiger partial charge in [-0.1, -0.05) is 126 Å². The van der Waals surface area contributed by atoms with Crippen molar-refractivity contribution in [1.82, 2.24) is 29.5 Å². The molecule has 0 saturated carbocycles. The smallest absolute Gasteiger partial charge is 0.238 e. The molecule has 0 unspecified atom stereocenters. The number of pyridine rings is 2. The summed E-state index contributed by atoms with van der Waals surface area (Å²) in [7, 11) is 0. The summed E-state index contributed by atoms with van der Waals surface area (Å²) in [5, 5.41) is 4.17. The Balaban J connectivity index is 0.000000279. The molecule has 0 aliphatic rings. The molecule has 8 heteroatoms. The molecule has 0 fully saturated rings. The summed E-state index contributed by atoms with van der Waals surface area (Å²) in [6.45, 7) is 0. The first kappa shape index (κ1) is 35.6. The van der Waals surface area contributed by atoms with Crippen LogP contribution in [0.5, 0.6) is 0 Å². The maximum Gasteiger partial charge on any atom is 0.238 e. The summed E-state index contributed by atoms with van der Waals surface area (Å²) >= 11 is 0. The van der Waals surface area contributed by atoms with Gasteiger partial charge in [-0.05, 0) is 29.6 Å². The van der Waals surface area contributed by atoms with Crippen LogP contribution < -0.4 is 0 Å². The van der Waals surface area contributed by atoms with E-state index in [0.717, 1.165) is 77.4 Å². The third-order valence-electron chi connectivity index (χ3n) is 9.69. The van der Waals surface area contributed by atoms with Crippen LogP contribution in [-0.4, -0.2) is 29.5 Å². The van der Waals surface area contributed by atoms with Crippen molar-refractivity contribution in [3.63, 3.8) is 0 Å². The molecule has 0 aliphatic heterocycles. The van der Waals surface area contributed by atoms with Gasteiger partial charge in [-0.25, -0.2) is 4.98 Å². The standard InChI is InChI=1S/C38H22N5O.C11H8N.Ir/c1-3-12-24(13-4-1)36-40-37(25-14-5-2-6-15-25)42-38(41-36)43-32-20-9-7-16-26(32)30-23-39-31(22-33(30)43)29-19-11-18-28-27-17-8-10-21-34(27)44-35(28)29;1-2-6-10(7-3-1)11-8-4-5-9-12-11;/h1-18,20-23H;1-6,8-9H;/q2*-1;. The first-order valence-electron chi connectivity index (χ1n) is 18.3. The van der Waals surface area contributed by atoms with Gasteiger partial charge in [0.25, 0.3) is 0 Å². The van der Waals surface area contributed by atoms with Crippen molar-refractivity contribution in [2.24, 2.45) is 0 Å². The van der Waals surface area contributed by atoms with Gasteiger partial charge in [0.05, 0.1) is 16.6 Å². The van der Waals surface area contributed by atoms with Crippen LogP contribution in [0.1, 0.15) is 0 Å². The fraction of sp³-hybridized carbons (Fsp3) is 0. The molecule has 0 bridgehead atoms. The SMILES string of the molecule is [Ir].[c-]1ccc2c(oc3ccccc32)c1-c1cc2c(cn1)c1ccccc1n2-c1nc(-c2ccccc2)nc(-c2ccccc2)n1.[c-]1ccccc1-c1ccccn1. The van der Waals surface area contributed by atoms with Gasteiger partial charge in [0.15, 0.2) is 11.6 Å². The third-order valence-corrected chi connectivity index (χ3v) is 9.69. The number of rotatable bonds is 5. The summed E-state index contributed by atoms with van der Waals surface area (Å²) in [6, 6.07) is 62.7. The van der Waals surface area contributed by atoms with E-state index in [2.05, 4.69) is 45.9 Å². The van der Waals surface area contributed by atoms with Crippen molar-refractivity contribution in [3.05, 3.63) is 194 Å². The van der Waals surface area contributed by atoms with E-state index in [4.69, 9.17) is 24.4 Å². The van der Waals surface area contributed by atoms with Gasteiger partial charge in [0.1, 0.15) is 5.58 Å². The number of aromatic nitrogens is 6. The first-order valence-corrected chi connectivity index (χ1v) is 18.3. The molecule has 0 aliphatic carbocycles. The van der Waals surface area contributed by atoms with Crippen LogP contribution in [0.15, 0.2) is 187 Å². The van der Waals surface area contributed by atoms with Gasteiger partial charge >= 0.3 is 0 Å². The van der Waals surface area contributed by atoms with Crippen molar-refractivity contribution in [1.29, 1.82) is 0 Å². The molecule has 6 aromatic carbocycles. The van der Waals surface area contributed by atoms with E-state index >= 15 is 0 Å². The van der Waals surface area contributed by atoms with Crippen molar-refractivity contribution in [3.8, 4) is 51.2 Å². The molecule has 11 rings (SSSR count). The summed E-state index contributed by atoms with van der Waals surface area (Å²) < 4.78 is 8.45. The van der Waals surface area contributed by atoms with E-state index in [9.17, 15) is 0 Å². The zero-order valence-corrected chi connectivity index (χ0v) is 32.6. The van der Waals surface area contributed by atoms with Gasteiger partial charge in [0.2, 0.25) is 5.95 Å². The minimum Gasteiger partial charge on any atom is -0.501 e. The number of hydrogen-bond acceptors (Lipinski definition) is 6. The molecule has 1 radical (unpaired) electrons. The minimum absolute atomic E-state index is 0. The maximum atomic E-state index is 6.34. The first-order chi connectivity index (χ1) is 27.8. The van der Waals surface area contributed by atoms with Crippen LogP contribution in [-0.2, 0) is 20.1 Å². The summed E-state index contributed by atoms with van der Waals surface area (Å²) in [4.78, 5) is 24.1. The van der Waals surface area contributed by atoms with Crippen molar-refractivity contribution in [2.75, 3.05) is 0 Å². The third kappa shape index (κ3) is 6.78. The summed E-state index contributed by atoms with van der Waals surface area (Å²) in [5.74, 6) is 1.75. The molecule has 0 spiro atoms. The van der Waals surface area contributed by atoms with Gasteiger partial charge < -0.3 is 14.4 Å². The van der Waals surface area contributed by atoms with Crippen LogP contribution in [0.4, 0.5) is 0 Å². The molecule has 57 heavy (non-hydrogen) atoms. The van der Waals surface area contributed by atoms with Gasteiger partial charge in [0, 0.05) is 59.8 Å². The predicted molar refractivity (Wildman–Crippen MR) is 223 cm³/mol. The van der Waals surface area contributed by atoms with E-state index in [1.54, 1.807) is 6.20 Å². The molecule has 0 N–H and O–H groups in total. The van der Waals surface area contributed by atoms with E-state index < -0.39 is 0 Å². The Morgan fingerprint density at radius 3 is 1.89 bits per heavy atom. The zero-order chi connectivity index (χ0) is 37.3. The summed E-state index contributed by atoms with van der Waals surface area (Å²) in [5.41, 5.74) is 8.93. The number of benzene rings is 6. The molecule has 0 amide bonds. The quantitative estimate of drug-likeness (QED) is 0.160. The van der Waals surface area contributed by atoms with Crippen LogP contribution in [0.3, 0.4) is 0 Å². The van der Waals surface area contributed by atoms with Crippen LogP contribution in [0.2, 0.25) is 0 Å². The number of para-hydroxylation sites is 2. The Kier molecular flexibility index (Phi) is 9.71. The molecule has 5 heterocycles. The average Bonchev–Trinajstić information content (AvgIpc) is 3.83. The molecule has 0 saturated heterocycles. The summed E-state index contributed by atoms with van der Waals surface area (Å²) in [6.07, 6.45) is 3.71. The fourth-order valence-electron chi connectivity index (χ4n) is 7.07. The molecule has 5 aromatic heterocycles. The Labute approximate surface area is 341 Å². The number of nitrogens with zero attached hydrogens (tertiary/aromatic N) is 6. The molecule has 11 aromatic rings. The number of fused-ring (bicyclic) bond motifs is 6. The predicted octanol–water partition coefficient (Wildman–Crippen LogP) is 11.6. The molecule has 273 valence electrons. The second-order valence-electron chi connectivity index (χ2n) is 13.1. The topological polar surface area (TPSA) is 82.5 Å². The number of hydrogen-bond donors (Lipinski definition) is 0. The Hall–Kier alpha value is -7.12. The van der Waals surface area contributed by atoms with Gasteiger partial charge in [-0.15, -0.1) is 54.1 Å². The van der Waals surface area contributed by atoms with Crippen molar-refractivity contribution >= 4 is 43.7 Å². The fourth-order valence-corrected chi connectivity index (χ4v) is 7.07. The average molecular weight is 911 g/mol. The van der Waals surface area contributed by atoms with Crippen LogP contribution in [0.25, 0.3) is 95.0 Å². The largest absolute Gasteiger partial charge is 0.501 e. The Bertz CT molecular complexity index is 3040. The van der Waals surface area contributed by atoms with Crippen LogP contribution >= 0.6 is 0 Å². The number of furan rings is 1. The molecule has 0 atom stereocenters. The van der Waals surface area contributed by atoms with E-state index in [1.807, 2.05) is 152 Å². The minimum atomic E-state index is 0. The normalized spacial score (nSPS) is 11.0. The Morgan fingerprint density at radius 2 is 1.18 bits per heavy atom. The Morgan fingerprint density at radius 1 is 0.491 bits per heavy atom. The maximum absolute atomic E-state index is 6.34. The van der Waals surface area contributed by atoms with E-state index in [1.165, 1.54) is 0 Å². The van der Waals surface area contributed by atoms with Crippen LogP contribution in [0, 0.1) is 12.1 Å². The molecule has 7 nitrogen and oxygen atoms in total.